The molecule has 2 atom stereocenters. The van der Waals surface area contributed by atoms with Crippen molar-refractivity contribution in [3.8, 4) is 17.2 Å². The Labute approximate surface area is 95.0 Å². The van der Waals surface area contributed by atoms with Gasteiger partial charge in [-0.1, -0.05) is 0 Å². The van der Waals surface area contributed by atoms with E-state index in [9.17, 15) is 5.11 Å². The molecule has 3 rings (SSSR count). The molecule has 0 saturated carbocycles. The minimum absolute atomic E-state index is 0.152. The molecule has 1 aromatic carbocycles. The molecule has 1 N–H and O–H groups in total. The highest BCUT2D eigenvalue weighted by Gasteiger charge is 2.34. The van der Waals surface area contributed by atoms with Crippen LogP contribution >= 0.6 is 0 Å². The highest BCUT2D eigenvalue weighted by Crippen LogP contribution is 2.49. The van der Waals surface area contributed by atoms with E-state index in [0.29, 0.717) is 11.5 Å². The lowest BCUT2D eigenvalue weighted by molar-refractivity contribution is 0.244. The van der Waals surface area contributed by atoms with Crippen LogP contribution in [0.5, 0.6) is 17.2 Å². The van der Waals surface area contributed by atoms with Crippen molar-refractivity contribution in [2.24, 2.45) is 0 Å². The third kappa shape index (κ3) is 1.14. The number of rotatable bonds is 0. The van der Waals surface area contributed by atoms with Gasteiger partial charge in [-0.3, -0.25) is 0 Å². The molecular formula is C13H16O3. The average Bonchev–Trinajstić information content (AvgIpc) is 2.78. The lowest BCUT2D eigenvalue weighted by atomic mass is 9.98. The second-order valence-corrected chi connectivity index (χ2v) is 4.85. The van der Waals surface area contributed by atoms with Crippen LogP contribution in [0, 0.1) is 6.92 Å². The number of phenols is 1. The van der Waals surface area contributed by atoms with E-state index >= 15 is 0 Å². The summed E-state index contributed by atoms with van der Waals surface area (Å²) in [6, 6.07) is 0. The molecular weight excluding hydrogens is 204 g/mol. The first-order chi connectivity index (χ1) is 7.58. The van der Waals surface area contributed by atoms with Crippen LogP contribution < -0.4 is 9.47 Å². The first-order valence-electron chi connectivity index (χ1n) is 5.78. The van der Waals surface area contributed by atoms with E-state index < -0.39 is 0 Å². The maximum atomic E-state index is 10.2. The molecule has 0 bridgehead atoms. The van der Waals surface area contributed by atoms with Crippen LogP contribution in [0.2, 0.25) is 0 Å². The Hall–Kier alpha value is -1.38. The van der Waals surface area contributed by atoms with Gasteiger partial charge in [0.25, 0.3) is 0 Å². The summed E-state index contributed by atoms with van der Waals surface area (Å²) >= 11 is 0. The Morgan fingerprint density at radius 3 is 2.25 bits per heavy atom. The summed E-state index contributed by atoms with van der Waals surface area (Å²) < 4.78 is 11.4. The maximum absolute atomic E-state index is 10.2. The zero-order valence-electron chi connectivity index (χ0n) is 9.83. The summed E-state index contributed by atoms with van der Waals surface area (Å²) in [5.41, 5.74) is 3.16. The Kier molecular flexibility index (Phi) is 1.88. The van der Waals surface area contributed by atoms with Gasteiger partial charge < -0.3 is 14.6 Å². The van der Waals surface area contributed by atoms with Crippen molar-refractivity contribution >= 4 is 0 Å². The predicted octanol–water partition coefficient (Wildman–Crippen LogP) is 2.35. The van der Waals surface area contributed by atoms with Gasteiger partial charge in [0.15, 0.2) is 11.5 Å². The molecule has 2 unspecified atom stereocenters. The van der Waals surface area contributed by atoms with Crippen LogP contribution in [0.25, 0.3) is 0 Å². The SMILES string of the molecule is Cc1c2c(c(O)c3c1OC(C)C3)OC(C)C2. The second kappa shape index (κ2) is 3.06. The van der Waals surface area contributed by atoms with E-state index in [1.165, 1.54) is 0 Å². The lowest BCUT2D eigenvalue weighted by Gasteiger charge is -2.11. The van der Waals surface area contributed by atoms with Crippen molar-refractivity contribution in [1.29, 1.82) is 0 Å². The molecule has 0 amide bonds. The molecule has 0 fully saturated rings. The predicted molar refractivity (Wildman–Crippen MR) is 60.4 cm³/mol. The minimum Gasteiger partial charge on any atom is -0.504 e. The zero-order chi connectivity index (χ0) is 11.4. The quantitative estimate of drug-likeness (QED) is 0.729. The fourth-order valence-electron chi connectivity index (χ4n) is 2.70. The fraction of sp³-hybridized carbons (Fsp3) is 0.538. The Morgan fingerprint density at radius 2 is 1.56 bits per heavy atom. The zero-order valence-corrected chi connectivity index (χ0v) is 9.83. The van der Waals surface area contributed by atoms with Crippen LogP contribution in [0.3, 0.4) is 0 Å². The summed E-state index contributed by atoms with van der Waals surface area (Å²) in [7, 11) is 0. The third-order valence-corrected chi connectivity index (χ3v) is 3.46. The standard InChI is InChI=1S/C13H16O3/c1-6-4-9-8(3)12-10(5-7(2)15-12)11(14)13(9)16-6/h6-7,14H,4-5H2,1-3H3. The number of hydrogen-bond donors (Lipinski definition) is 1. The number of aromatic hydroxyl groups is 1. The summed E-state index contributed by atoms with van der Waals surface area (Å²) in [5, 5.41) is 10.2. The van der Waals surface area contributed by atoms with Crippen molar-refractivity contribution in [2.75, 3.05) is 0 Å². The van der Waals surface area contributed by atoms with E-state index in [2.05, 4.69) is 6.92 Å². The van der Waals surface area contributed by atoms with Gasteiger partial charge in [-0.25, -0.2) is 0 Å². The minimum atomic E-state index is 0.152. The molecule has 2 heterocycles. The molecule has 16 heavy (non-hydrogen) atoms. The molecule has 2 aliphatic rings. The van der Waals surface area contributed by atoms with Crippen LogP contribution in [0.4, 0.5) is 0 Å². The third-order valence-electron chi connectivity index (χ3n) is 3.46. The van der Waals surface area contributed by atoms with Gasteiger partial charge in [0.1, 0.15) is 18.0 Å². The van der Waals surface area contributed by atoms with Crippen molar-refractivity contribution in [3.63, 3.8) is 0 Å². The lowest BCUT2D eigenvalue weighted by Crippen LogP contribution is -2.07. The molecule has 1 aromatic rings. The topological polar surface area (TPSA) is 38.7 Å². The van der Waals surface area contributed by atoms with E-state index in [-0.39, 0.29) is 12.2 Å². The summed E-state index contributed by atoms with van der Waals surface area (Å²) in [6.07, 6.45) is 1.94. The Balaban J connectivity index is 2.22. The van der Waals surface area contributed by atoms with E-state index in [0.717, 1.165) is 35.3 Å². The number of benzene rings is 1. The molecule has 0 spiro atoms. The molecule has 3 heteroatoms. The number of hydrogen-bond acceptors (Lipinski definition) is 3. The van der Waals surface area contributed by atoms with Crippen molar-refractivity contribution in [1.82, 2.24) is 0 Å². The average molecular weight is 220 g/mol. The van der Waals surface area contributed by atoms with Crippen LogP contribution in [-0.2, 0) is 12.8 Å². The van der Waals surface area contributed by atoms with Gasteiger partial charge in [-0.15, -0.1) is 0 Å². The van der Waals surface area contributed by atoms with Gasteiger partial charge in [-0.05, 0) is 26.3 Å². The van der Waals surface area contributed by atoms with E-state index in [1.54, 1.807) is 0 Å². The molecule has 0 aliphatic carbocycles. The van der Waals surface area contributed by atoms with Gasteiger partial charge in [0.2, 0.25) is 0 Å². The van der Waals surface area contributed by atoms with Gasteiger partial charge in [0, 0.05) is 24.0 Å². The number of phenolic OH excluding ortho intramolecular Hbond substituents is 1. The molecule has 0 radical (unpaired) electrons. The smallest absolute Gasteiger partial charge is 0.165 e. The fourth-order valence-corrected chi connectivity index (χ4v) is 2.70. The summed E-state index contributed by atoms with van der Waals surface area (Å²) in [6.45, 7) is 6.09. The van der Waals surface area contributed by atoms with Crippen molar-refractivity contribution in [2.45, 2.75) is 45.8 Å². The van der Waals surface area contributed by atoms with Crippen LogP contribution in [-0.4, -0.2) is 17.3 Å². The highest BCUT2D eigenvalue weighted by atomic mass is 16.5. The largest absolute Gasteiger partial charge is 0.504 e. The Bertz CT molecular complexity index is 385. The first-order valence-corrected chi connectivity index (χ1v) is 5.78. The summed E-state index contributed by atoms with van der Waals surface area (Å²) in [4.78, 5) is 0. The second-order valence-electron chi connectivity index (χ2n) is 4.85. The highest BCUT2D eigenvalue weighted by molar-refractivity contribution is 5.64. The van der Waals surface area contributed by atoms with E-state index in [1.807, 2.05) is 13.8 Å². The first kappa shape index (κ1) is 9.82. The summed E-state index contributed by atoms with van der Waals surface area (Å²) in [5.74, 6) is 1.85. The van der Waals surface area contributed by atoms with Gasteiger partial charge in [0.05, 0.1) is 0 Å². The normalized spacial score (nSPS) is 25.9. The monoisotopic (exact) mass is 220 g/mol. The van der Waals surface area contributed by atoms with Crippen molar-refractivity contribution in [3.05, 3.63) is 16.7 Å². The van der Waals surface area contributed by atoms with Crippen LogP contribution in [0.1, 0.15) is 30.5 Å². The maximum Gasteiger partial charge on any atom is 0.165 e. The number of fused-ring (bicyclic) bond motifs is 2. The molecule has 0 saturated heterocycles. The van der Waals surface area contributed by atoms with E-state index in [4.69, 9.17) is 9.47 Å². The van der Waals surface area contributed by atoms with Gasteiger partial charge in [-0.2, -0.15) is 0 Å². The van der Waals surface area contributed by atoms with Gasteiger partial charge >= 0.3 is 0 Å². The van der Waals surface area contributed by atoms with Crippen LogP contribution in [0.15, 0.2) is 0 Å². The molecule has 3 nitrogen and oxygen atoms in total. The molecule has 0 aromatic heterocycles. The molecule has 86 valence electrons. The molecule has 2 aliphatic heterocycles. The Morgan fingerprint density at radius 1 is 1.00 bits per heavy atom. The number of ether oxygens (including phenoxy) is 2. The van der Waals surface area contributed by atoms with Crippen molar-refractivity contribution < 1.29 is 14.6 Å².